The highest BCUT2D eigenvalue weighted by molar-refractivity contribution is 7.80. The van der Waals surface area contributed by atoms with Gasteiger partial charge in [0.1, 0.15) is 6.04 Å². The second kappa shape index (κ2) is 13.3. The largest absolute Gasteiger partial charge is 0.480 e. The van der Waals surface area contributed by atoms with Gasteiger partial charge in [0, 0.05) is 12.2 Å². The molecule has 0 aromatic carbocycles. The van der Waals surface area contributed by atoms with E-state index in [1.807, 2.05) is 0 Å². The minimum absolute atomic E-state index is 0.124. The Morgan fingerprint density at radius 3 is 1.95 bits per heavy atom. The van der Waals surface area contributed by atoms with E-state index in [9.17, 15) is 9.59 Å². The molecule has 0 saturated heterocycles. The molecule has 0 aliphatic rings. The van der Waals surface area contributed by atoms with Gasteiger partial charge in [-0.05, 0) is 6.42 Å². The maximum Gasteiger partial charge on any atom is 0.327 e. The number of hydrogen-bond donors (Lipinski definition) is 3. The van der Waals surface area contributed by atoms with Gasteiger partial charge in [-0.3, -0.25) is 4.79 Å². The lowest BCUT2D eigenvalue weighted by atomic mass is 10.1. The maximum absolute atomic E-state index is 11.5. The molecule has 118 valence electrons. The lowest BCUT2D eigenvalue weighted by Gasteiger charge is -2.11. The molecule has 1 atom stereocenters. The summed E-state index contributed by atoms with van der Waals surface area (Å²) in [4.78, 5) is 22.2. The molecule has 0 aliphatic heterocycles. The molecule has 0 unspecified atom stereocenters. The standard InChI is InChI=1S/C15H29NO3S/c1-2-3-4-5-6-7-8-9-10-11-14(17)16-13(12-20)15(18)19/h13,20H,2-12H2,1H3,(H,16,17)(H,18,19)/t13-/m1/s1. The number of carboxylic acid groups (broad SMARTS) is 1. The summed E-state index contributed by atoms with van der Waals surface area (Å²) < 4.78 is 0. The summed E-state index contributed by atoms with van der Waals surface area (Å²) in [5.74, 6) is -1.09. The number of unbranched alkanes of at least 4 members (excludes halogenated alkanes) is 8. The van der Waals surface area contributed by atoms with Gasteiger partial charge in [-0.15, -0.1) is 0 Å². The summed E-state index contributed by atoms with van der Waals surface area (Å²) in [6, 6.07) is -0.871. The van der Waals surface area contributed by atoms with E-state index in [-0.39, 0.29) is 11.7 Å². The van der Waals surface area contributed by atoms with Crippen LogP contribution in [0.1, 0.15) is 71.1 Å². The number of nitrogens with one attached hydrogen (secondary N) is 1. The highest BCUT2D eigenvalue weighted by Crippen LogP contribution is 2.10. The van der Waals surface area contributed by atoms with E-state index in [0.717, 1.165) is 19.3 Å². The van der Waals surface area contributed by atoms with Crippen molar-refractivity contribution < 1.29 is 14.7 Å². The first-order chi connectivity index (χ1) is 9.61. The van der Waals surface area contributed by atoms with Crippen molar-refractivity contribution in [3.8, 4) is 0 Å². The third-order valence-electron chi connectivity index (χ3n) is 3.32. The zero-order valence-electron chi connectivity index (χ0n) is 12.6. The van der Waals surface area contributed by atoms with Gasteiger partial charge >= 0.3 is 5.97 Å². The molecule has 0 radical (unpaired) electrons. The van der Waals surface area contributed by atoms with Crippen LogP contribution in [0.25, 0.3) is 0 Å². The average molecular weight is 303 g/mol. The van der Waals surface area contributed by atoms with Gasteiger partial charge in [-0.25, -0.2) is 4.79 Å². The number of thiol groups is 1. The Labute approximate surface area is 128 Å². The number of rotatable bonds is 13. The second-order valence-corrected chi connectivity index (χ2v) is 5.58. The zero-order chi connectivity index (χ0) is 15.2. The Morgan fingerprint density at radius 2 is 1.50 bits per heavy atom. The molecule has 0 rings (SSSR count). The topological polar surface area (TPSA) is 66.4 Å². The molecule has 0 aromatic rings. The van der Waals surface area contributed by atoms with Gasteiger partial charge in [0.25, 0.3) is 0 Å². The summed E-state index contributed by atoms with van der Waals surface area (Å²) in [5.41, 5.74) is 0. The molecule has 0 aliphatic carbocycles. The first-order valence-corrected chi connectivity index (χ1v) is 8.38. The van der Waals surface area contributed by atoms with Gasteiger partial charge in [0.05, 0.1) is 0 Å². The van der Waals surface area contributed by atoms with Crippen molar-refractivity contribution in [3.05, 3.63) is 0 Å². The van der Waals surface area contributed by atoms with Crippen LogP contribution in [0.4, 0.5) is 0 Å². The number of aliphatic carboxylic acids is 1. The summed E-state index contributed by atoms with van der Waals surface area (Å²) in [6.07, 6.45) is 11.2. The lowest BCUT2D eigenvalue weighted by molar-refractivity contribution is -0.141. The van der Waals surface area contributed by atoms with Gasteiger partial charge in [-0.1, -0.05) is 58.3 Å². The Bertz CT molecular complexity index is 272. The van der Waals surface area contributed by atoms with Crippen molar-refractivity contribution in [1.82, 2.24) is 5.32 Å². The summed E-state index contributed by atoms with van der Waals surface area (Å²) >= 11 is 3.91. The average Bonchev–Trinajstić information content (AvgIpc) is 2.42. The van der Waals surface area contributed by atoms with E-state index < -0.39 is 12.0 Å². The summed E-state index contributed by atoms with van der Waals surface area (Å²) in [5, 5.41) is 11.3. The van der Waals surface area contributed by atoms with E-state index >= 15 is 0 Å². The molecule has 1 amide bonds. The zero-order valence-corrected chi connectivity index (χ0v) is 13.5. The number of carbonyl (C=O) groups is 2. The van der Waals surface area contributed by atoms with E-state index in [1.54, 1.807) is 0 Å². The predicted molar refractivity (Wildman–Crippen MR) is 85.3 cm³/mol. The highest BCUT2D eigenvalue weighted by atomic mass is 32.1. The third-order valence-corrected chi connectivity index (χ3v) is 3.69. The number of amides is 1. The molecular weight excluding hydrogens is 274 g/mol. The Hall–Kier alpha value is -0.710. The molecule has 4 nitrogen and oxygen atoms in total. The van der Waals surface area contributed by atoms with E-state index in [2.05, 4.69) is 24.9 Å². The normalized spacial score (nSPS) is 12.1. The van der Waals surface area contributed by atoms with Gasteiger partial charge in [0.2, 0.25) is 5.91 Å². The van der Waals surface area contributed by atoms with E-state index in [1.165, 1.54) is 38.5 Å². The maximum atomic E-state index is 11.5. The highest BCUT2D eigenvalue weighted by Gasteiger charge is 2.17. The minimum atomic E-state index is -1.03. The Balaban J connectivity index is 3.41. The van der Waals surface area contributed by atoms with Crippen LogP contribution in [0, 0.1) is 0 Å². The predicted octanol–water partition coefficient (Wildman–Crippen LogP) is 3.41. The molecule has 0 heterocycles. The molecule has 0 aromatic heterocycles. The summed E-state index contributed by atoms with van der Waals surface area (Å²) in [6.45, 7) is 2.22. The fourth-order valence-electron chi connectivity index (χ4n) is 2.05. The van der Waals surface area contributed by atoms with Crippen LogP contribution >= 0.6 is 12.6 Å². The smallest absolute Gasteiger partial charge is 0.327 e. The third kappa shape index (κ3) is 11.1. The van der Waals surface area contributed by atoms with Crippen LogP contribution < -0.4 is 5.32 Å². The molecule has 0 bridgehead atoms. The SMILES string of the molecule is CCCCCCCCCCCC(=O)N[C@H](CS)C(=O)O. The number of hydrogen-bond acceptors (Lipinski definition) is 3. The van der Waals surface area contributed by atoms with Crippen molar-refractivity contribution in [2.24, 2.45) is 0 Å². The van der Waals surface area contributed by atoms with Crippen molar-refractivity contribution in [2.75, 3.05) is 5.75 Å². The van der Waals surface area contributed by atoms with Crippen molar-refractivity contribution >= 4 is 24.5 Å². The van der Waals surface area contributed by atoms with Gasteiger partial charge in [0.15, 0.2) is 0 Å². The van der Waals surface area contributed by atoms with Crippen molar-refractivity contribution in [1.29, 1.82) is 0 Å². The van der Waals surface area contributed by atoms with Crippen molar-refractivity contribution in [2.45, 2.75) is 77.2 Å². The first kappa shape index (κ1) is 19.3. The van der Waals surface area contributed by atoms with E-state index in [0.29, 0.717) is 6.42 Å². The first-order valence-electron chi connectivity index (χ1n) is 7.74. The number of carboxylic acids is 1. The second-order valence-electron chi connectivity index (χ2n) is 5.22. The van der Waals surface area contributed by atoms with Crippen LogP contribution in [0.5, 0.6) is 0 Å². The van der Waals surface area contributed by atoms with Crippen LogP contribution in [-0.4, -0.2) is 28.8 Å². The van der Waals surface area contributed by atoms with Crippen molar-refractivity contribution in [3.63, 3.8) is 0 Å². The monoisotopic (exact) mass is 303 g/mol. The molecular formula is C15H29NO3S. The molecule has 5 heteroatoms. The lowest BCUT2D eigenvalue weighted by Crippen LogP contribution is -2.42. The fourth-order valence-corrected chi connectivity index (χ4v) is 2.30. The van der Waals surface area contributed by atoms with Crippen LogP contribution in [0.3, 0.4) is 0 Å². The fraction of sp³-hybridized carbons (Fsp3) is 0.867. The Morgan fingerprint density at radius 1 is 1.00 bits per heavy atom. The van der Waals surface area contributed by atoms with Gasteiger partial charge < -0.3 is 10.4 Å². The molecule has 0 spiro atoms. The molecule has 0 fully saturated rings. The Kier molecular flexibility index (Phi) is 12.8. The minimum Gasteiger partial charge on any atom is -0.480 e. The quantitative estimate of drug-likeness (QED) is 0.361. The van der Waals surface area contributed by atoms with Gasteiger partial charge in [-0.2, -0.15) is 12.6 Å². The van der Waals surface area contributed by atoms with E-state index in [4.69, 9.17) is 5.11 Å². The molecule has 0 saturated carbocycles. The van der Waals surface area contributed by atoms with Crippen LogP contribution in [0.15, 0.2) is 0 Å². The van der Waals surface area contributed by atoms with Crippen LogP contribution in [0.2, 0.25) is 0 Å². The number of carbonyl (C=O) groups excluding carboxylic acids is 1. The molecule has 2 N–H and O–H groups in total. The van der Waals surface area contributed by atoms with Crippen LogP contribution in [-0.2, 0) is 9.59 Å². The summed E-state index contributed by atoms with van der Waals surface area (Å²) in [7, 11) is 0. The molecule has 20 heavy (non-hydrogen) atoms.